The minimum atomic E-state index is -0.474. The Morgan fingerprint density at radius 2 is 2.12 bits per heavy atom. The molecule has 1 fully saturated rings. The Morgan fingerprint density at radius 1 is 1.40 bits per heavy atom. The second-order valence-corrected chi connectivity index (χ2v) is 8.46. The van der Waals surface area contributed by atoms with Crippen molar-refractivity contribution in [1.82, 2.24) is 9.88 Å². The van der Waals surface area contributed by atoms with E-state index in [2.05, 4.69) is 18.8 Å². The van der Waals surface area contributed by atoms with E-state index in [1.165, 1.54) is 0 Å². The lowest BCUT2D eigenvalue weighted by Crippen LogP contribution is -2.37. The zero-order valence-corrected chi connectivity index (χ0v) is 16.5. The van der Waals surface area contributed by atoms with Gasteiger partial charge in [-0.15, -0.1) is 0 Å². The van der Waals surface area contributed by atoms with Gasteiger partial charge in [0.15, 0.2) is 0 Å². The Balaban J connectivity index is 2.01. The number of amides is 1. The molecule has 0 spiro atoms. The molecule has 1 aliphatic rings. The van der Waals surface area contributed by atoms with Gasteiger partial charge >= 0.3 is 6.09 Å². The molecule has 6 heteroatoms. The number of hydrogen-bond acceptors (Lipinski definition) is 4. The average molecular weight is 369 g/mol. The number of carbonyl (C=O) groups excluding carboxylic acids is 1. The van der Waals surface area contributed by atoms with Crippen molar-refractivity contribution in [2.75, 3.05) is 13.1 Å². The minimum Gasteiger partial charge on any atom is -0.488 e. The Bertz CT molecular complexity index is 569. The monoisotopic (exact) mass is 368 g/mol. The lowest BCUT2D eigenvalue weighted by atomic mass is 9.93. The van der Waals surface area contributed by atoms with Crippen molar-refractivity contribution < 1.29 is 14.3 Å². The molecule has 25 heavy (non-hydrogen) atoms. The third kappa shape index (κ3) is 6.38. The van der Waals surface area contributed by atoms with E-state index in [0.29, 0.717) is 29.9 Å². The van der Waals surface area contributed by atoms with Gasteiger partial charge in [0.05, 0.1) is 6.20 Å². The fourth-order valence-electron chi connectivity index (χ4n) is 2.99. The maximum absolute atomic E-state index is 12.3. The first-order chi connectivity index (χ1) is 11.6. The van der Waals surface area contributed by atoms with Crippen LogP contribution in [0.2, 0.25) is 5.15 Å². The van der Waals surface area contributed by atoms with Gasteiger partial charge in [0.2, 0.25) is 0 Å². The molecule has 0 saturated carbocycles. The van der Waals surface area contributed by atoms with Gasteiger partial charge in [-0.1, -0.05) is 25.4 Å². The molecule has 0 radical (unpaired) electrons. The molecule has 0 aliphatic carbocycles. The van der Waals surface area contributed by atoms with Crippen LogP contribution in [0.4, 0.5) is 4.79 Å². The SMILES string of the molecule is CC(C)CC(Oc1ccc(Cl)nc1)C1CCN(C(=O)OC(C)(C)C)C1. The average Bonchev–Trinajstić information content (AvgIpc) is 2.96. The van der Waals surface area contributed by atoms with Crippen LogP contribution in [0.1, 0.15) is 47.5 Å². The number of hydrogen-bond donors (Lipinski definition) is 0. The molecular formula is C19H29ClN2O3. The molecule has 2 heterocycles. The van der Waals surface area contributed by atoms with E-state index < -0.39 is 5.60 Å². The number of carbonyl (C=O) groups is 1. The molecule has 2 unspecified atom stereocenters. The van der Waals surface area contributed by atoms with Gasteiger partial charge in [0.1, 0.15) is 22.6 Å². The third-order valence-electron chi connectivity index (χ3n) is 4.09. The number of aromatic nitrogens is 1. The van der Waals surface area contributed by atoms with Crippen LogP contribution in [0, 0.1) is 11.8 Å². The Labute approximate surface area is 155 Å². The van der Waals surface area contributed by atoms with Gasteiger partial charge in [-0.05, 0) is 51.7 Å². The molecule has 140 valence electrons. The van der Waals surface area contributed by atoms with Gasteiger partial charge in [0, 0.05) is 19.0 Å². The van der Waals surface area contributed by atoms with Crippen molar-refractivity contribution in [2.45, 2.75) is 59.2 Å². The second-order valence-electron chi connectivity index (χ2n) is 8.08. The van der Waals surface area contributed by atoms with Crippen molar-refractivity contribution in [3.8, 4) is 5.75 Å². The van der Waals surface area contributed by atoms with Crippen molar-refractivity contribution in [3.63, 3.8) is 0 Å². The van der Waals surface area contributed by atoms with Gasteiger partial charge in [-0.2, -0.15) is 0 Å². The molecule has 1 aromatic heterocycles. The summed E-state index contributed by atoms with van der Waals surface area (Å²) in [6, 6.07) is 3.56. The van der Waals surface area contributed by atoms with Gasteiger partial charge in [0.25, 0.3) is 0 Å². The molecule has 1 amide bonds. The molecule has 5 nitrogen and oxygen atoms in total. The number of rotatable bonds is 5. The molecule has 1 saturated heterocycles. The molecule has 0 aromatic carbocycles. The molecule has 1 aliphatic heterocycles. The Kier molecular flexibility index (Phi) is 6.55. The zero-order chi connectivity index (χ0) is 18.6. The summed E-state index contributed by atoms with van der Waals surface area (Å²) in [5, 5.41) is 0.449. The number of nitrogens with zero attached hydrogens (tertiary/aromatic N) is 2. The van der Waals surface area contributed by atoms with Crippen LogP contribution in [0.15, 0.2) is 18.3 Å². The standard InChI is InChI=1S/C19H29ClN2O3/c1-13(2)10-16(24-15-6-7-17(20)21-11-15)14-8-9-22(12-14)18(23)25-19(3,4)5/h6-7,11,13-14,16H,8-10,12H2,1-5H3. The van der Waals surface area contributed by atoms with Crippen LogP contribution < -0.4 is 4.74 Å². The summed E-state index contributed by atoms with van der Waals surface area (Å²) < 4.78 is 11.7. The van der Waals surface area contributed by atoms with Crippen molar-refractivity contribution in [1.29, 1.82) is 0 Å². The van der Waals surface area contributed by atoms with E-state index in [4.69, 9.17) is 21.1 Å². The zero-order valence-electron chi connectivity index (χ0n) is 15.8. The predicted molar refractivity (Wildman–Crippen MR) is 99.0 cm³/mol. The smallest absolute Gasteiger partial charge is 0.410 e. The second kappa shape index (κ2) is 8.26. The highest BCUT2D eigenvalue weighted by atomic mass is 35.5. The van der Waals surface area contributed by atoms with Gasteiger partial charge in [-0.3, -0.25) is 0 Å². The largest absolute Gasteiger partial charge is 0.488 e. The van der Waals surface area contributed by atoms with Crippen molar-refractivity contribution in [2.24, 2.45) is 11.8 Å². The van der Waals surface area contributed by atoms with Crippen molar-refractivity contribution >= 4 is 17.7 Å². The van der Waals surface area contributed by atoms with E-state index in [9.17, 15) is 4.79 Å². The Morgan fingerprint density at radius 3 is 2.68 bits per heavy atom. The van der Waals surface area contributed by atoms with E-state index in [1.807, 2.05) is 26.8 Å². The molecule has 0 N–H and O–H groups in total. The summed E-state index contributed by atoms with van der Waals surface area (Å²) in [5.74, 6) is 1.50. The highest BCUT2D eigenvalue weighted by molar-refractivity contribution is 6.29. The minimum absolute atomic E-state index is 0.0374. The highest BCUT2D eigenvalue weighted by Gasteiger charge is 2.35. The first-order valence-electron chi connectivity index (χ1n) is 8.90. The number of halogens is 1. The van der Waals surface area contributed by atoms with Crippen LogP contribution in [0.5, 0.6) is 5.75 Å². The van der Waals surface area contributed by atoms with Crippen LogP contribution in [-0.2, 0) is 4.74 Å². The fraction of sp³-hybridized carbons (Fsp3) is 0.684. The first kappa shape index (κ1) is 19.8. The fourth-order valence-corrected chi connectivity index (χ4v) is 3.10. The van der Waals surface area contributed by atoms with Crippen molar-refractivity contribution in [3.05, 3.63) is 23.5 Å². The molecule has 0 bridgehead atoms. The summed E-state index contributed by atoms with van der Waals surface area (Å²) in [4.78, 5) is 18.1. The molecular weight excluding hydrogens is 340 g/mol. The van der Waals surface area contributed by atoms with E-state index in [-0.39, 0.29) is 18.1 Å². The van der Waals surface area contributed by atoms with Crippen LogP contribution in [0.3, 0.4) is 0 Å². The quantitative estimate of drug-likeness (QED) is 0.701. The van der Waals surface area contributed by atoms with E-state index >= 15 is 0 Å². The molecule has 2 atom stereocenters. The highest BCUT2D eigenvalue weighted by Crippen LogP contribution is 2.29. The first-order valence-corrected chi connectivity index (χ1v) is 9.28. The van der Waals surface area contributed by atoms with E-state index in [1.54, 1.807) is 17.2 Å². The third-order valence-corrected chi connectivity index (χ3v) is 4.32. The van der Waals surface area contributed by atoms with Crippen LogP contribution in [-0.4, -0.2) is 40.8 Å². The van der Waals surface area contributed by atoms with E-state index in [0.717, 1.165) is 12.8 Å². The molecule has 1 aromatic rings. The number of pyridine rings is 1. The topological polar surface area (TPSA) is 51.7 Å². The normalized spacial score (nSPS) is 19.2. The Hall–Kier alpha value is -1.49. The number of ether oxygens (including phenoxy) is 2. The number of likely N-dealkylation sites (tertiary alicyclic amines) is 1. The van der Waals surface area contributed by atoms with Gasteiger partial charge in [-0.25, -0.2) is 9.78 Å². The summed E-state index contributed by atoms with van der Waals surface area (Å²) in [6.45, 7) is 11.4. The van der Waals surface area contributed by atoms with Gasteiger partial charge < -0.3 is 14.4 Å². The maximum atomic E-state index is 12.3. The summed E-state index contributed by atoms with van der Waals surface area (Å²) in [6.07, 6.45) is 3.28. The predicted octanol–water partition coefficient (Wildman–Crippen LogP) is 4.79. The lowest BCUT2D eigenvalue weighted by molar-refractivity contribution is 0.0270. The summed E-state index contributed by atoms with van der Waals surface area (Å²) in [7, 11) is 0. The summed E-state index contributed by atoms with van der Waals surface area (Å²) >= 11 is 5.84. The van der Waals surface area contributed by atoms with Crippen LogP contribution in [0.25, 0.3) is 0 Å². The summed E-state index contributed by atoms with van der Waals surface area (Å²) in [5.41, 5.74) is -0.474. The lowest BCUT2D eigenvalue weighted by Gasteiger charge is -2.27. The molecule has 2 rings (SSSR count). The van der Waals surface area contributed by atoms with Crippen LogP contribution >= 0.6 is 11.6 Å². The maximum Gasteiger partial charge on any atom is 0.410 e.